The molecule has 3 N–H and O–H groups in total. The smallest absolute Gasteiger partial charge is 0.326 e. The number of aliphatic hydroxyl groups is 1. The molecule has 0 aliphatic carbocycles. The van der Waals surface area contributed by atoms with Gasteiger partial charge < -0.3 is 20.4 Å². The average Bonchev–Trinajstić information content (AvgIpc) is 2.92. The molecule has 0 radical (unpaired) electrons. The number of amides is 2. The molecule has 0 bridgehead atoms. The lowest BCUT2D eigenvalue weighted by Gasteiger charge is -2.21. The standard InChI is InChI=1S/C12H16N2O4S/c1-7-2-3-9(19-7)5-13-12(18)14-6-8(15)4-10(14)11(16)17/h2-3,8,10,15H,4-6H2,1H3,(H,13,18)(H,16,17)/t8?,10-/m0/s1. The van der Waals surface area contributed by atoms with Gasteiger partial charge in [0.05, 0.1) is 12.6 Å². The number of carbonyl (C=O) groups excluding carboxylic acids is 1. The summed E-state index contributed by atoms with van der Waals surface area (Å²) in [4.78, 5) is 26.3. The van der Waals surface area contributed by atoms with E-state index >= 15 is 0 Å². The number of aliphatic carboxylic acids is 1. The van der Waals surface area contributed by atoms with Crippen molar-refractivity contribution in [2.75, 3.05) is 6.54 Å². The van der Waals surface area contributed by atoms with Crippen molar-refractivity contribution in [3.8, 4) is 0 Å². The fourth-order valence-corrected chi connectivity index (χ4v) is 2.95. The van der Waals surface area contributed by atoms with Gasteiger partial charge in [-0.05, 0) is 19.1 Å². The molecule has 0 aromatic carbocycles. The number of hydrogen-bond acceptors (Lipinski definition) is 4. The summed E-state index contributed by atoms with van der Waals surface area (Å²) in [5.74, 6) is -1.08. The van der Waals surface area contributed by atoms with Crippen LogP contribution in [-0.2, 0) is 11.3 Å². The first-order chi connectivity index (χ1) is 8.97. The Kier molecular flexibility index (Phi) is 4.06. The highest BCUT2D eigenvalue weighted by Gasteiger charge is 2.38. The van der Waals surface area contributed by atoms with Gasteiger partial charge in [0, 0.05) is 22.7 Å². The second-order valence-corrected chi connectivity index (χ2v) is 5.94. The third kappa shape index (κ3) is 3.24. The third-order valence-electron chi connectivity index (χ3n) is 3.03. The van der Waals surface area contributed by atoms with Gasteiger partial charge in [-0.3, -0.25) is 0 Å². The third-order valence-corrected chi connectivity index (χ3v) is 4.04. The monoisotopic (exact) mass is 284 g/mol. The maximum atomic E-state index is 11.9. The van der Waals surface area contributed by atoms with Gasteiger partial charge in [0.2, 0.25) is 0 Å². The molecule has 0 spiro atoms. The molecule has 1 unspecified atom stereocenters. The van der Waals surface area contributed by atoms with Gasteiger partial charge in [-0.15, -0.1) is 11.3 Å². The van der Waals surface area contributed by atoms with Crippen molar-refractivity contribution in [1.82, 2.24) is 10.2 Å². The summed E-state index contributed by atoms with van der Waals surface area (Å²) in [5.41, 5.74) is 0. The van der Waals surface area contributed by atoms with E-state index in [0.717, 1.165) is 9.75 Å². The first kappa shape index (κ1) is 13.8. The van der Waals surface area contributed by atoms with Gasteiger partial charge in [-0.25, -0.2) is 9.59 Å². The van der Waals surface area contributed by atoms with Gasteiger partial charge in [0.1, 0.15) is 6.04 Å². The maximum absolute atomic E-state index is 11.9. The van der Waals surface area contributed by atoms with E-state index in [1.54, 1.807) is 11.3 Å². The molecule has 104 valence electrons. The molecule has 2 heterocycles. The summed E-state index contributed by atoms with van der Waals surface area (Å²) in [6.45, 7) is 2.41. The van der Waals surface area contributed by atoms with E-state index < -0.39 is 24.1 Å². The van der Waals surface area contributed by atoms with E-state index in [9.17, 15) is 14.7 Å². The number of nitrogens with one attached hydrogen (secondary N) is 1. The summed E-state index contributed by atoms with van der Waals surface area (Å²) in [7, 11) is 0. The van der Waals surface area contributed by atoms with Crippen LogP contribution in [0.25, 0.3) is 0 Å². The predicted octanol–water partition coefficient (Wildman–Crippen LogP) is 0.786. The number of thiophene rings is 1. The summed E-state index contributed by atoms with van der Waals surface area (Å²) >= 11 is 1.58. The number of likely N-dealkylation sites (tertiary alicyclic amines) is 1. The molecular formula is C12H16N2O4S. The van der Waals surface area contributed by atoms with E-state index in [1.807, 2.05) is 19.1 Å². The van der Waals surface area contributed by atoms with Gasteiger partial charge >= 0.3 is 12.0 Å². The Bertz CT molecular complexity index is 488. The van der Waals surface area contributed by atoms with Crippen LogP contribution in [0.2, 0.25) is 0 Å². The van der Waals surface area contributed by atoms with E-state index in [-0.39, 0.29) is 13.0 Å². The predicted molar refractivity (Wildman–Crippen MR) is 70.0 cm³/mol. The molecule has 2 rings (SSSR count). The number of aliphatic hydroxyl groups excluding tert-OH is 1. The number of carboxylic acid groups (broad SMARTS) is 1. The lowest BCUT2D eigenvalue weighted by molar-refractivity contribution is -0.141. The molecule has 1 aliphatic rings. The van der Waals surface area contributed by atoms with Crippen LogP contribution >= 0.6 is 11.3 Å². The second kappa shape index (κ2) is 5.58. The van der Waals surface area contributed by atoms with E-state index in [4.69, 9.17) is 5.11 Å². The number of hydrogen-bond donors (Lipinski definition) is 3. The van der Waals surface area contributed by atoms with Crippen molar-refractivity contribution in [3.63, 3.8) is 0 Å². The van der Waals surface area contributed by atoms with Crippen LogP contribution in [0.5, 0.6) is 0 Å². The molecule has 2 atom stereocenters. The number of carbonyl (C=O) groups is 2. The van der Waals surface area contributed by atoms with Crippen LogP contribution in [0.1, 0.15) is 16.2 Å². The summed E-state index contributed by atoms with van der Waals surface area (Å²) < 4.78 is 0. The van der Waals surface area contributed by atoms with Crippen LogP contribution in [0.15, 0.2) is 12.1 Å². The van der Waals surface area contributed by atoms with Crippen molar-refractivity contribution in [3.05, 3.63) is 21.9 Å². The summed E-state index contributed by atoms with van der Waals surface area (Å²) in [6, 6.07) is 2.50. The zero-order chi connectivity index (χ0) is 14.0. The molecule has 1 aromatic rings. The van der Waals surface area contributed by atoms with Crippen LogP contribution in [-0.4, -0.2) is 45.8 Å². The zero-order valence-electron chi connectivity index (χ0n) is 10.5. The normalized spacial score (nSPS) is 22.5. The summed E-state index contributed by atoms with van der Waals surface area (Å²) in [5, 5.41) is 21.2. The Morgan fingerprint density at radius 3 is 2.84 bits per heavy atom. The fourth-order valence-electron chi connectivity index (χ4n) is 2.12. The Hall–Kier alpha value is -1.60. The van der Waals surface area contributed by atoms with Crippen molar-refractivity contribution in [1.29, 1.82) is 0 Å². The lowest BCUT2D eigenvalue weighted by Crippen LogP contribution is -2.45. The van der Waals surface area contributed by atoms with Crippen LogP contribution < -0.4 is 5.32 Å². The van der Waals surface area contributed by atoms with Gasteiger partial charge in [-0.1, -0.05) is 0 Å². The SMILES string of the molecule is Cc1ccc(CNC(=O)N2CC(O)C[C@H]2C(=O)O)s1. The fraction of sp³-hybridized carbons (Fsp3) is 0.500. The summed E-state index contributed by atoms with van der Waals surface area (Å²) in [6.07, 6.45) is -0.684. The van der Waals surface area contributed by atoms with E-state index in [1.165, 1.54) is 4.90 Å². The van der Waals surface area contributed by atoms with Crippen molar-refractivity contribution < 1.29 is 19.8 Å². The Labute approximate surface area is 114 Å². The van der Waals surface area contributed by atoms with Crippen molar-refractivity contribution in [2.45, 2.75) is 32.0 Å². The van der Waals surface area contributed by atoms with Gasteiger partial charge in [0.25, 0.3) is 0 Å². The molecule has 1 saturated heterocycles. The molecule has 2 amide bonds. The second-order valence-electron chi connectivity index (χ2n) is 4.57. The topological polar surface area (TPSA) is 89.9 Å². The molecule has 1 aliphatic heterocycles. The van der Waals surface area contributed by atoms with Crippen LogP contribution in [0.4, 0.5) is 4.79 Å². The maximum Gasteiger partial charge on any atom is 0.326 e. The molecule has 7 heteroatoms. The molecule has 19 heavy (non-hydrogen) atoms. The van der Waals surface area contributed by atoms with Gasteiger partial charge in [0.15, 0.2) is 0 Å². The number of nitrogens with zero attached hydrogens (tertiary/aromatic N) is 1. The quantitative estimate of drug-likeness (QED) is 0.765. The largest absolute Gasteiger partial charge is 0.480 e. The highest BCUT2D eigenvalue weighted by molar-refractivity contribution is 7.11. The number of β-amino-alcohol motifs (C(OH)–C–C–N with tert-alkyl or cyclic N) is 1. The Morgan fingerprint density at radius 2 is 2.26 bits per heavy atom. The van der Waals surface area contributed by atoms with E-state index in [2.05, 4.69) is 5.32 Å². The van der Waals surface area contributed by atoms with Crippen molar-refractivity contribution >= 4 is 23.3 Å². The number of rotatable bonds is 3. The first-order valence-corrected chi connectivity index (χ1v) is 6.79. The number of aryl methyl sites for hydroxylation is 1. The average molecular weight is 284 g/mol. The van der Waals surface area contributed by atoms with Crippen LogP contribution in [0, 0.1) is 6.92 Å². The van der Waals surface area contributed by atoms with E-state index in [0.29, 0.717) is 6.54 Å². The molecule has 0 saturated carbocycles. The minimum absolute atomic E-state index is 0.0618. The van der Waals surface area contributed by atoms with Crippen LogP contribution in [0.3, 0.4) is 0 Å². The highest BCUT2D eigenvalue weighted by Crippen LogP contribution is 2.19. The minimum atomic E-state index is -1.08. The highest BCUT2D eigenvalue weighted by atomic mass is 32.1. The molecular weight excluding hydrogens is 268 g/mol. The Morgan fingerprint density at radius 1 is 1.53 bits per heavy atom. The minimum Gasteiger partial charge on any atom is -0.480 e. The number of urea groups is 1. The van der Waals surface area contributed by atoms with Crippen molar-refractivity contribution in [2.24, 2.45) is 0 Å². The Balaban J connectivity index is 1.93. The first-order valence-electron chi connectivity index (χ1n) is 5.98. The molecule has 1 fully saturated rings. The molecule has 1 aromatic heterocycles. The van der Waals surface area contributed by atoms with Gasteiger partial charge in [-0.2, -0.15) is 0 Å². The lowest BCUT2D eigenvalue weighted by atomic mass is 10.2. The number of carboxylic acids is 1. The zero-order valence-corrected chi connectivity index (χ0v) is 11.3. The molecule has 6 nitrogen and oxygen atoms in total.